The molecule has 3 heterocycles. The molecule has 1 aliphatic heterocycles. The number of rotatable bonds is 3. The highest BCUT2D eigenvalue weighted by Crippen LogP contribution is 2.33. The fraction of sp³-hybridized carbons (Fsp3) is 0.429. The topological polar surface area (TPSA) is 92.8 Å². The first kappa shape index (κ1) is 18.9. The second kappa shape index (κ2) is 6.70. The smallest absolute Gasteiger partial charge is 0.368 e. The van der Waals surface area contributed by atoms with E-state index in [9.17, 15) is 26.3 Å². The van der Waals surface area contributed by atoms with Crippen molar-refractivity contribution in [2.45, 2.75) is 25.2 Å². The van der Waals surface area contributed by atoms with Crippen LogP contribution in [0.3, 0.4) is 0 Å². The van der Waals surface area contributed by atoms with Gasteiger partial charge in [-0.05, 0) is 12.8 Å². The molecule has 1 fully saturated rings. The van der Waals surface area contributed by atoms with Gasteiger partial charge in [-0.15, -0.1) is 0 Å². The Morgan fingerprint density at radius 1 is 0.852 bits per heavy atom. The lowest BCUT2D eigenvalue weighted by Crippen LogP contribution is -2.21. The second-order valence-corrected chi connectivity index (χ2v) is 5.75. The van der Waals surface area contributed by atoms with Crippen molar-refractivity contribution in [2.24, 2.45) is 0 Å². The van der Waals surface area contributed by atoms with Gasteiger partial charge in [-0.25, -0.2) is 9.97 Å². The molecule has 146 valence electrons. The summed E-state index contributed by atoms with van der Waals surface area (Å²) < 4.78 is 77.8. The summed E-state index contributed by atoms with van der Waals surface area (Å²) >= 11 is 0. The lowest BCUT2D eigenvalue weighted by molar-refractivity contribution is -0.141. The monoisotopic (exact) mass is 393 g/mol. The van der Waals surface area contributed by atoms with Crippen molar-refractivity contribution in [1.82, 2.24) is 19.9 Å². The fourth-order valence-electron chi connectivity index (χ4n) is 2.53. The number of nitrogens with one attached hydrogen (secondary N) is 1. The summed E-state index contributed by atoms with van der Waals surface area (Å²) in [5, 5.41) is 2.25. The summed E-state index contributed by atoms with van der Waals surface area (Å²) in [6.45, 7) is 1.04. The zero-order valence-electron chi connectivity index (χ0n) is 13.6. The maximum atomic E-state index is 13.1. The molecule has 0 spiro atoms. The van der Waals surface area contributed by atoms with Crippen LogP contribution in [0.25, 0.3) is 0 Å². The number of hydrogen-bond acceptors (Lipinski definition) is 7. The third-order valence-corrected chi connectivity index (χ3v) is 3.71. The van der Waals surface area contributed by atoms with Gasteiger partial charge in [-0.3, -0.25) is 0 Å². The average molecular weight is 393 g/mol. The van der Waals surface area contributed by atoms with Gasteiger partial charge in [0.25, 0.3) is 0 Å². The lowest BCUT2D eigenvalue weighted by Gasteiger charge is -2.19. The normalized spacial score (nSPS) is 15.3. The van der Waals surface area contributed by atoms with Gasteiger partial charge < -0.3 is 16.0 Å². The van der Waals surface area contributed by atoms with E-state index in [1.165, 1.54) is 0 Å². The molecule has 1 aliphatic rings. The standard InChI is InChI=1S/C14H13F6N7/c15-13(16,17)7-5-9(24-11(21)22-7)25-12-23-8(14(18,19)20)6-10(26-12)27-3-1-2-4-27/h5-6H,1-4H2,(H3,21,22,23,24,25,26). The van der Waals surface area contributed by atoms with Crippen LogP contribution >= 0.6 is 0 Å². The van der Waals surface area contributed by atoms with Gasteiger partial charge in [-0.1, -0.05) is 0 Å². The minimum atomic E-state index is -4.80. The van der Waals surface area contributed by atoms with Crippen molar-refractivity contribution in [1.29, 1.82) is 0 Å². The molecule has 0 unspecified atom stereocenters. The van der Waals surface area contributed by atoms with Gasteiger partial charge in [-0.2, -0.15) is 36.3 Å². The maximum absolute atomic E-state index is 13.1. The molecule has 0 saturated carbocycles. The van der Waals surface area contributed by atoms with Crippen LogP contribution < -0.4 is 16.0 Å². The quantitative estimate of drug-likeness (QED) is 0.774. The first-order chi connectivity index (χ1) is 12.5. The Morgan fingerprint density at radius 2 is 1.44 bits per heavy atom. The van der Waals surface area contributed by atoms with Crippen molar-refractivity contribution in [3.8, 4) is 0 Å². The first-order valence-corrected chi connectivity index (χ1v) is 7.72. The predicted octanol–water partition coefficient (Wildman–Crippen LogP) is 3.23. The molecule has 3 N–H and O–H groups in total. The summed E-state index contributed by atoms with van der Waals surface area (Å²) in [5.74, 6) is -1.69. The van der Waals surface area contributed by atoms with E-state index in [1.54, 1.807) is 4.90 Å². The Morgan fingerprint density at radius 3 is 2.04 bits per heavy atom. The molecule has 0 amide bonds. The van der Waals surface area contributed by atoms with Crippen LogP contribution in [-0.2, 0) is 12.4 Å². The Kier molecular flexibility index (Phi) is 4.70. The van der Waals surface area contributed by atoms with Gasteiger partial charge in [0, 0.05) is 25.2 Å². The molecule has 0 atom stereocenters. The lowest BCUT2D eigenvalue weighted by atomic mass is 10.3. The number of nitrogen functional groups attached to an aromatic ring is 1. The first-order valence-electron chi connectivity index (χ1n) is 7.72. The molecule has 3 rings (SSSR count). The Balaban J connectivity index is 1.99. The van der Waals surface area contributed by atoms with Crippen molar-refractivity contribution in [3.63, 3.8) is 0 Å². The number of alkyl halides is 6. The highest BCUT2D eigenvalue weighted by Gasteiger charge is 2.35. The molecule has 0 aromatic carbocycles. The zero-order valence-corrected chi connectivity index (χ0v) is 13.6. The van der Waals surface area contributed by atoms with Gasteiger partial charge in [0.2, 0.25) is 11.9 Å². The van der Waals surface area contributed by atoms with Crippen LogP contribution in [0.2, 0.25) is 0 Å². The van der Waals surface area contributed by atoms with E-state index in [4.69, 9.17) is 5.73 Å². The summed E-state index contributed by atoms with van der Waals surface area (Å²) in [5.41, 5.74) is 2.68. The molecular weight excluding hydrogens is 380 g/mol. The number of halogens is 6. The number of nitrogens with zero attached hydrogens (tertiary/aromatic N) is 5. The van der Waals surface area contributed by atoms with E-state index < -0.39 is 41.5 Å². The van der Waals surface area contributed by atoms with Crippen LogP contribution in [-0.4, -0.2) is 33.0 Å². The molecule has 0 radical (unpaired) electrons. The molecule has 1 saturated heterocycles. The minimum Gasteiger partial charge on any atom is -0.368 e. The number of hydrogen-bond donors (Lipinski definition) is 2. The van der Waals surface area contributed by atoms with Gasteiger partial charge in [0.1, 0.15) is 11.6 Å². The molecule has 0 bridgehead atoms. The van der Waals surface area contributed by atoms with Crippen molar-refractivity contribution in [2.75, 3.05) is 29.0 Å². The van der Waals surface area contributed by atoms with Crippen LogP contribution in [0.4, 0.5) is 49.9 Å². The second-order valence-electron chi connectivity index (χ2n) is 5.75. The average Bonchev–Trinajstić information content (AvgIpc) is 3.07. The third kappa shape index (κ3) is 4.46. The van der Waals surface area contributed by atoms with Gasteiger partial charge in [0.15, 0.2) is 11.4 Å². The van der Waals surface area contributed by atoms with E-state index in [-0.39, 0.29) is 5.82 Å². The van der Waals surface area contributed by atoms with Gasteiger partial charge in [0.05, 0.1) is 0 Å². The van der Waals surface area contributed by atoms with E-state index in [0.29, 0.717) is 19.2 Å². The molecule has 27 heavy (non-hydrogen) atoms. The maximum Gasteiger partial charge on any atom is 0.433 e. The largest absolute Gasteiger partial charge is 0.433 e. The third-order valence-electron chi connectivity index (χ3n) is 3.71. The van der Waals surface area contributed by atoms with Crippen molar-refractivity contribution >= 4 is 23.5 Å². The number of nitrogens with two attached hydrogens (primary N) is 1. The zero-order chi connectivity index (χ0) is 19.8. The summed E-state index contributed by atoms with van der Waals surface area (Å²) in [6.07, 6.45) is -7.96. The highest BCUT2D eigenvalue weighted by atomic mass is 19.4. The van der Waals surface area contributed by atoms with Crippen molar-refractivity contribution in [3.05, 3.63) is 23.5 Å². The molecule has 2 aromatic rings. The van der Waals surface area contributed by atoms with Crippen LogP contribution in [0.15, 0.2) is 12.1 Å². The van der Waals surface area contributed by atoms with E-state index in [0.717, 1.165) is 18.9 Å². The number of anilines is 4. The summed E-state index contributed by atoms with van der Waals surface area (Å²) in [6, 6.07) is 1.31. The van der Waals surface area contributed by atoms with Crippen LogP contribution in [0.1, 0.15) is 24.2 Å². The summed E-state index contributed by atoms with van der Waals surface area (Å²) in [7, 11) is 0. The number of aromatic nitrogens is 4. The van der Waals surface area contributed by atoms with E-state index >= 15 is 0 Å². The Labute approximate surface area is 148 Å². The fourth-order valence-corrected chi connectivity index (χ4v) is 2.53. The molecule has 2 aromatic heterocycles. The minimum absolute atomic E-state index is 0.0235. The highest BCUT2D eigenvalue weighted by molar-refractivity contribution is 5.54. The SMILES string of the molecule is Nc1nc(Nc2nc(N3CCCC3)cc(C(F)(F)F)n2)cc(C(F)(F)F)n1. The van der Waals surface area contributed by atoms with Gasteiger partial charge >= 0.3 is 12.4 Å². The Bertz CT molecular complexity index is 830. The van der Waals surface area contributed by atoms with Crippen LogP contribution in [0, 0.1) is 0 Å². The van der Waals surface area contributed by atoms with Crippen LogP contribution in [0.5, 0.6) is 0 Å². The molecular formula is C14H13F6N7. The van der Waals surface area contributed by atoms with Crippen molar-refractivity contribution < 1.29 is 26.3 Å². The predicted molar refractivity (Wildman–Crippen MR) is 83.2 cm³/mol. The molecule has 13 heteroatoms. The Hall–Kier alpha value is -2.86. The molecule has 0 aliphatic carbocycles. The van der Waals surface area contributed by atoms with E-state index in [1.807, 2.05) is 0 Å². The molecule has 7 nitrogen and oxygen atoms in total. The van der Waals surface area contributed by atoms with E-state index in [2.05, 4.69) is 25.3 Å². The summed E-state index contributed by atoms with van der Waals surface area (Å²) in [4.78, 5) is 15.5.